The lowest BCUT2D eigenvalue weighted by Gasteiger charge is -2.52. The summed E-state index contributed by atoms with van der Waals surface area (Å²) in [5.74, 6) is 4.46. The maximum Gasteiger partial charge on any atom is 0.525 e. The highest BCUT2D eigenvalue weighted by molar-refractivity contribution is 7.40. The van der Waals surface area contributed by atoms with E-state index in [1.165, 1.54) is 0 Å². The standard InChI is InChI=1S/C18H18B4N10/c1-7-19-21(29-15-3-9-23-29,30-16-4-10-24-30)28-14-2-8-20(28)22(27(19)13-1,31-17-5-11-25-31)32-18-6-12-26-32/h1-18H. The van der Waals surface area contributed by atoms with Crippen LogP contribution in [-0.4, -0.2) is 86.4 Å². The summed E-state index contributed by atoms with van der Waals surface area (Å²) in [7, 11) is 0. The van der Waals surface area contributed by atoms with Gasteiger partial charge in [0, 0.05) is 24.8 Å². The Morgan fingerprint density at radius 3 is 1.16 bits per heavy atom. The molecule has 0 bridgehead atoms. The van der Waals surface area contributed by atoms with Crippen LogP contribution in [0.3, 0.4) is 0 Å². The third-order valence-corrected chi connectivity index (χ3v) is 7.27. The number of aromatic nitrogens is 8. The SMILES string of the molecule is C1=CB2[N+](=C1)[B-](n1cccn1)(n1cccn1)B1C=CC=[N+]1[B-]2(n1cccn1)n1cccn1. The number of rotatable bonds is 4. The fourth-order valence-electron chi connectivity index (χ4n) is 6.23. The van der Waals surface area contributed by atoms with Crippen LogP contribution in [0.25, 0.3) is 0 Å². The topological polar surface area (TPSA) is 77.3 Å². The number of allylic oxidation sites excluding steroid dienone is 2. The van der Waals surface area contributed by atoms with Gasteiger partial charge in [-0.05, 0) is 61.2 Å². The van der Waals surface area contributed by atoms with Gasteiger partial charge in [0.15, 0.2) is 0 Å². The van der Waals surface area contributed by atoms with E-state index in [-0.39, 0.29) is 13.5 Å². The lowest BCUT2D eigenvalue weighted by molar-refractivity contribution is -0.291. The Balaban J connectivity index is 1.60. The van der Waals surface area contributed by atoms with E-state index in [1.807, 2.05) is 73.8 Å². The molecule has 0 amide bonds. The lowest BCUT2D eigenvalue weighted by Crippen LogP contribution is -2.90. The van der Waals surface area contributed by atoms with Crippen molar-refractivity contribution in [2.45, 2.75) is 0 Å². The van der Waals surface area contributed by atoms with Gasteiger partial charge < -0.3 is 27.2 Å². The Labute approximate surface area is 184 Å². The maximum atomic E-state index is 4.74. The van der Waals surface area contributed by atoms with Crippen molar-refractivity contribution < 1.29 is 8.80 Å². The third kappa shape index (κ3) is 1.91. The average molecular weight is 418 g/mol. The third-order valence-electron chi connectivity index (χ3n) is 7.27. The zero-order chi connectivity index (χ0) is 21.2. The summed E-state index contributed by atoms with van der Waals surface area (Å²) in [5, 5.41) is 19.0. The molecule has 0 atom stereocenters. The summed E-state index contributed by atoms with van der Waals surface area (Å²) in [5.41, 5.74) is 0. The van der Waals surface area contributed by atoms with Crippen LogP contribution < -0.4 is 0 Å². The molecule has 0 saturated carbocycles. The second kappa shape index (κ2) is 6.22. The molecule has 7 rings (SSSR count). The van der Waals surface area contributed by atoms with E-state index in [9.17, 15) is 0 Å². The van der Waals surface area contributed by atoms with Crippen molar-refractivity contribution >= 4 is 38.8 Å². The van der Waals surface area contributed by atoms with Gasteiger partial charge in [-0.2, -0.15) is 0 Å². The van der Waals surface area contributed by atoms with Crippen molar-refractivity contribution in [1.82, 2.24) is 38.8 Å². The molecule has 0 N–H and O–H groups in total. The smallest absolute Gasteiger partial charge is 0.524 e. The fourth-order valence-corrected chi connectivity index (χ4v) is 6.23. The predicted octanol–water partition coefficient (Wildman–Crippen LogP) is -0.619. The second-order valence-corrected chi connectivity index (χ2v) is 8.48. The number of hydrogen-bond donors (Lipinski definition) is 0. The molecule has 32 heavy (non-hydrogen) atoms. The van der Waals surface area contributed by atoms with Crippen LogP contribution >= 0.6 is 0 Å². The van der Waals surface area contributed by atoms with Gasteiger partial charge >= 0.3 is 26.4 Å². The molecule has 3 aliphatic heterocycles. The Morgan fingerprint density at radius 2 is 0.875 bits per heavy atom. The molecule has 1 fully saturated rings. The monoisotopic (exact) mass is 418 g/mol. The van der Waals surface area contributed by atoms with Gasteiger partial charge in [0.2, 0.25) is 0 Å². The number of fused-ring (bicyclic) bond motifs is 2. The van der Waals surface area contributed by atoms with Crippen molar-refractivity contribution in [3.05, 3.63) is 97.9 Å². The molecule has 14 heteroatoms. The lowest BCUT2D eigenvalue weighted by atomic mass is 9.01. The highest BCUT2D eigenvalue weighted by Gasteiger charge is 2.76. The molecule has 3 aliphatic rings. The van der Waals surface area contributed by atoms with Crippen LogP contribution in [0.2, 0.25) is 0 Å². The molecule has 4 aromatic heterocycles. The first-order valence-electron chi connectivity index (χ1n) is 10.8. The van der Waals surface area contributed by atoms with Crippen molar-refractivity contribution in [3.63, 3.8) is 0 Å². The van der Waals surface area contributed by atoms with Crippen LogP contribution in [0, 0.1) is 0 Å². The van der Waals surface area contributed by atoms with E-state index in [0.29, 0.717) is 0 Å². The molecular formula is C18H18B4N10. The minimum Gasteiger partial charge on any atom is -0.524 e. The van der Waals surface area contributed by atoms with Crippen LogP contribution in [0.15, 0.2) is 97.9 Å². The first kappa shape index (κ1) is 17.6. The van der Waals surface area contributed by atoms with Crippen molar-refractivity contribution in [1.29, 1.82) is 0 Å². The van der Waals surface area contributed by atoms with Gasteiger partial charge in [0.1, 0.15) is 0 Å². The quantitative estimate of drug-likeness (QED) is 0.415. The van der Waals surface area contributed by atoms with E-state index in [2.05, 4.69) is 63.7 Å². The van der Waals surface area contributed by atoms with Crippen LogP contribution in [0.1, 0.15) is 0 Å². The summed E-state index contributed by atoms with van der Waals surface area (Å²) in [6.45, 7) is -0.175. The summed E-state index contributed by atoms with van der Waals surface area (Å²) in [6.07, 6.45) is 20.5. The van der Waals surface area contributed by atoms with Crippen molar-refractivity contribution in [3.8, 4) is 0 Å². The summed E-state index contributed by atoms with van der Waals surface area (Å²) < 4.78 is 13.0. The van der Waals surface area contributed by atoms with Gasteiger partial charge in [0.25, 0.3) is 0 Å². The fraction of sp³-hybridized carbons (Fsp3) is 0. The minimum atomic E-state index is -1.70. The van der Waals surface area contributed by atoms with Gasteiger partial charge in [-0.25, -0.2) is 20.4 Å². The first-order valence-corrected chi connectivity index (χ1v) is 10.8. The Morgan fingerprint density at radius 1 is 0.531 bits per heavy atom. The molecule has 7 heterocycles. The van der Waals surface area contributed by atoms with Crippen LogP contribution in [0.4, 0.5) is 0 Å². The van der Waals surface area contributed by atoms with Gasteiger partial charge in [0.05, 0.1) is 12.4 Å². The van der Waals surface area contributed by atoms with Crippen molar-refractivity contribution in [2.75, 3.05) is 0 Å². The van der Waals surface area contributed by atoms with E-state index in [4.69, 9.17) is 20.4 Å². The van der Waals surface area contributed by atoms with Gasteiger partial charge in [-0.3, -0.25) is 0 Å². The zero-order valence-electron chi connectivity index (χ0n) is 17.2. The molecule has 152 valence electrons. The predicted molar refractivity (Wildman–Crippen MR) is 124 cm³/mol. The maximum absolute atomic E-state index is 4.74. The Kier molecular flexibility index (Phi) is 3.42. The highest BCUT2D eigenvalue weighted by atomic mass is 15.5. The molecule has 10 nitrogen and oxygen atoms in total. The zero-order valence-corrected chi connectivity index (χ0v) is 17.2. The van der Waals surface area contributed by atoms with Crippen molar-refractivity contribution in [2.24, 2.45) is 0 Å². The average Bonchev–Trinajstić information content (AvgIpc) is 3.68. The molecule has 4 aromatic rings. The first-order chi connectivity index (χ1) is 15.9. The molecule has 1 saturated heterocycles. The van der Waals surface area contributed by atoms with Crippen LogP contribution in [0.5, 0.6) is 0 Å². The summed E-state index contributed by atoms with van der Waals surface area (Å²) in [6, 6.07) is 7.86. The Bertz CT molecular complexity index is 1210. The van der Waals surface area contributed by atoms with Gasteiger partial charge in [-0.1, -0.05) is 12.0 Å². The van der Waals surface area contributed by atoms with Crippen LogP contribution in [-0.2, 0) is 0 Å². The number of hydrogen-bond acceptors (Lipinski definition) is 4. The van der Waals surface area contributed by atoms with Gasteiger partial charge in [-0.15, -0.1) is 0 Å². The van der Waals surface area contributed by atoms with E-state index in [0.717, 1.165) is 0 Å². The van der Waals surface area contributed by atoms with E-state index >= 15 is 0 Å². The summed E-state index contributed by atoms with van der Waals surface area (Å²) >= 11 is 0. The normalized spacial score (nSPS) is 19.8. The minimum absolute atomic E-state index is 0.0874. The molecule has 0 spiro atoms. The van der Waals surface area contributed by atoms with E-state index in [1.54, 1.807) is 0 Å². The summed E-state index contributed by atoms with van der Waals surface area (Å²) in [4.78, 5) is 0. The Hall–Kier alpha value is -4.08. The molecule has 0 aromatic carbocycles. The molecular weight excluding hydrogens is 400 g/mol. The largest absolute Gasteiger partial charge is 0.525 e. The molecule has 0 aliphatic carbocycles. The number of nitrogens with zero attached hydrogens (tertiary/aromatic N) is 10. The molecule has 0 unspecified atom stereocenters. The second-order valence-electron chi connectivity index (χ2n) is 8.48. The molecule has 0 radical (unpaired) electrons. The van der Waals surface area contributed by atoms with E-state index < -0.39 is 12.9 Å². The highest BCUT2D eigenvalue weighted by Crippen LogP contribution is 2.33.